The minimum Gasteiger partial charge on any atom is -0.511 e. The summed E-state index contributed by atoms with van der Waals surface area (Å²) in [6.07, 6.45) is 1.93. The molecule has 1 aliphatic carbocycles. The van der Waals surface area contributed by atoms with E-state index in [-0.39, 0.29) is 53.9 Å². The summed E-state index contributed by atoms with van der Waals surface area (Å²) in [7, 11) is 0. The molecule has 1 aliphatic rings. The molecule has 0 aliphatic heterocycles. The monoisotopic (exact) mass is 356 g/mol. The first kappa shape index (κ1) is 20.1. The van der Waals surface area contributed by atoms with Crippen molar-refractivity contribution in [2.75, 3.05) is 0 Å². The van der Waals surface area contributed by atoms with E-state index in [0.717, 1.165) is 34.2 Å². The number of aliphatic hydroxyl groups is 1. The second-order valence-electron chi connectivity index (χ2n) is 7.22. The molecule has 0 atom stereocenters. The van der Waals surface area contributed by atoms with Crippen LogP contribution in [0, 0.1) is 20.8 Å². The van der Waals surface area contributed by atoms with E-state index in [2.05, 4.69) is 0 Å². The molecule has 140 valence electrons. The minimum absolute atomic E-state index is 0.0338. The predicted octanol–water partition coefficient (Wildman–Crippen LogP) is 4.83. The molecule has 4 heteroatoms. The largest absolute Gasteiger partial charge is 0.511 e. The van der Waals surface area contributed by atoms with Crippen LogP contribution in [0.5, 0.6) is 0 Å². The topological polar surface area (TPSA) is 71.4 Å². The van der Waals surface area contributed by atoms with Crippen LogP contribution in [0.2, 0.25) is 0 Å². The zero-order valence-electron chi connectivity index (χ0n) is 16.4. The van der Waals surface area contributed by atoms with Gasteiger partial charge in [0.2, 0.25) is 0 Å². The molecule has 0 heterocycles. The number of aliphatic hydroxyl groups excluding tert-OH is 1. The van der Waals surface area contributed by atoms with E-state index in [1.54, 1.807) is 6.92 Å². The van der Waals surface area contributed by atoms with E-state index in [0.29, 0.717) is 6.42 Å². The molecule has 0 spiro atoms. The van der Waals surface area contributed by atoms with Crippen molar-refractivity contribution in [3.05, 3.63) is 45.2 Å². The van der Waals surface area contributed by atoms with Crippen LogP contribution in [-0.2, 0) is 9.59 Å². The second kappa shape index (κ2) is 7.98. The summed E-state index contributed by atoms with van der Waals surface area (Å²) in [5.74, 6) is -0.842. The smallest absolute Gasteiger partial charge is 0.170 e. The van der Waals surface area contributed by atoms with Gasteiger partial charge >= 0.3 is 0 Å². The average Bonchev–Trinajstić information content (AvgIpc) is 2.53. The third kappa shape index (κ3) is 3.64. The molecule has 26 heavy (non-hydrogen) atoms. The van der Waals surface area contributed by atoms with Gasteiger partial charge < -0.3 is 5.11 Å². The standard InChI is InChI=1S/C22H28O4/c1-6-8-17(24)21-13(4)9-12(3)20(14(21)5)15-10-18(25)22(16(23)7-2)19(26)11-15/h9,15,23H,6-8,10-11H2,1-5H3. The number of hydrogen-bond donors (Lipinski definition) is 1. The molecule has 0 amide bonds. The van der Waals surface area contributed by atoms with Gasteiger partial charge in [0.25, 0.3) is 0 Å². The minimum atomic E-state index is -0.300. The van der Waals surface area contributed by atoms with Gasteiger partial charge in [0, 0.05) is 31.2 Å². The Kier molecular flexibility index (Phi) is 6.17. The number of Topliss-reactive ketones (excluding diaryl/α,β-unsaturated/α-hetero) is 3. The van der Waals surface area contributed by atoms with Gasteiger partial charge in [0.05, 0.1) is 5.57 Å². The second-order valence-corrected chi connectivity index (χ2v) is 7.22. The highest BCUT2D eigenvalue weighted by Crippen LogP contribution is 2.38. The zero-order chi connectivity index (χ0) is 19.6. The molecule has 0 bridgehead atoms. The van der Waals surface area contributed by atoms with Crippen molar-refractivity contribution in [1.82, 2.24) is 0 Å². The highest BCUT2D eigenvalue weighted by molar-refractivity contribution is 6.22. The van der Waals surface area contributed by atoms with Gasteiger partial charge in [-0.25, -0.2) is 0 Å². The zero-order valence-corrected chi connectivity index (χ0v) is 16.4. The van der Waals surface area contributed by atoms with Crippen LogP contribution >= 0.6 is 0 Å². The number of rotatable bonds is 5. The third-order valence-corrected chi connectivity index (χ3v) is 5.24. The number of aryl methyl sites for hydroxylation is 2. The van der Waals surface area contributed by atoms with Gasteiger partial charge in [-0.1, -0.05) is 19.9 Å². The van der Waals surface area contributed by atoms with Gasteiger partial charge in [0.1, 0.15) is 5.76 Å². The van der Waals surface area contributed by atoms with Crippen LogP contribution < -0.4 is 0 Å². The number of ketones is 3. The molecule has 4 nitrogen and oxygen atoms in total. The maximum Gasteiger partial charge on any atom is 0.170 e. The van der Waals surface area contributed by atoms with Crippen LogP contribution in [0.25, 0.3) is 0 Å². The van der Waals surface area contributed by atoms with Gasteiger partial charge in [-0.15, -0.1) is 0 Å². The van der Waals surface area contributed by atoms with Crippen molar-refractivity contribution in [2.24, 2.45) is 0 Å². The molecule has 0 aromatic heterocycles. The summed E-state index contributed by atoms with van der Waals surface area (Å²) in [4.78, 5) is 37.6. The van der Waals surface area contributed by atoms with Crippen LogP contribution in [0.15, 0.2) is 17.4 Å². The summed E-state index contributed by atoms with van der Waals surface area (Å²) in [5.41, 5.74) is 4.47. The Morgan fingerprint density at radius 2 is 1.65 bits per heavy atom. The lowest BCUT2D eigenvalue weighted by molar-refractivity contribution is -0.124. The Labute approximate surface area is 155 Å². The van der Waals surface area contributed by atoms with Crippen LogP contribution in [0.1, 0.15) is 84.5 Å². The Bertz CT molecular complexity index is 779. The fourth-order valence-corrected chi connectivity index (χ4v) is 4.19. The van der Waals surface area contributed by atoms with Crippen LogP contribution in [-0.4, -0.2) is 22.5 Å². The summed E-state index contributed by atoms with van der Waals surface area (Å²) in [5, 5.41) is 9.90. The Balaban J connectivity index is 2.50. The molecule has 0 saturated heterocycles. The molecule has 1 aromatic rings. The number of benzene rings is 1. The molecule has 1 fully saturated rings. The highest BCUT2D eigenvalue weighted by atomic mass is 16.3. The molecule has 1 N–H and O–H groups in total. The maximum absolute atomic E-state index is 12.6. The summed E-state index contributed by atoms with van der Waals surface area (Å²) in [6.45, 7) is 9.51. The van der Waals surface area contributed by atoms with Gasteiger partial charge in [-0.2, -0.15) is 0 Å². The first-order valence-electron chi connectivity index (χ1n) is 9.35. The van der Waals surface area contributed by atoms with E-state index in [4.69, 9.17) is 0 Å². The molecular formula is C22H28O4. The maximum atomic E-state index is 12.6. The SMILES string of the molecule is CCCC(=O)c1c(C)cc(C)c(C2CC(=O)C(=C(O)CC)C(=O)C2)c1C. The highest BCUT2D eigenvalue weighted by Gasteiger charge is 2.35. The average molecular weight is 356 g/mol. The predicted molar refractivity (Wildman–Crippen MR) is 102 cm³/mol. The molecular weight excluding hydrogens is 328 g/mol. The van der Waals surface area contributed by atoms with Crippen molar-refractivity contribution in [2.45, 2.75) is 72.6 Å². The van der Waals surface area contributed by atoms with E-state index in [9.17, 15) is 19.5 Å². The fraction of sp³-hybridized carbons (Fsp3) is 0.500. The molecule has 0 radical (unpaired) electrons. The van der Waals surface area contributed by atoms with Crippen molar-refractivity contribution < 1.29 is 19.5 Å². The van der Waals surface area contributed by atoms with Gasteiger partial charge in [-0.05, 0) is 55.4 Å². The number of carbonyl (C=O) groups is 3. The molecule has 1 aromatic carbocycles. The molecule has 0 unspecified atom stereocenters. The summed E-state index contributed by atoms with van der Waals surface area (Å²) >= 11 is 0. The van der Waals surface area contributed by atoms with Gasteiger partial charge in [0.15, 0.2) is 17.3 Å². The lowest BCUT2D eigenvalue weighted by atomic mass is 9.75. The van der Waals surface area contributed by atoms with Crippen LogP contribution in [0.4, 0.5) is 0 Å². The summed E-state index contributed by atoms with van der Waals surface area (Å²) in [6, 6.07) is 1.98. The number of allylic oxidation sites excluding steroid dienone is 2. The van der Waals surface area contributed by atoms with Crippen molar-refractivity contribution >= 4 is 17.3 Å². The Morgan fingerprint density at radius 1 is 1.08 bits per heavy atom. The quantitative estimate of drug-likeness (QED) is 0.355. The van der Waals surface area contributed by atoms with Crippen molar-refractivity contribution in [1.29, 1.82) is 0 Å². The normalized spacial score (nSPS) is 17.6. The van der Waals surface area contributed by atoms with E-state index in [1.807, 2.05) is 33.8 Å². The van der Waals surface area contributed by atoms with Crippen LogP contribution in [0.3, 0.4) is 0 Å². The van der Waals surface area contributed by atoms with E-state index < -0.39 is 0 Å². The Hall–Kier alpha value is -2.23. The Morgan fingerprint density at radius 3 is 2.15 bits per heavy atom. The van der Waals surface area contributed by atoms with Gasteiger partial charge in [-0.3, -0.25) is 14.4 Å². The van der Waals surface area contributed by atoms with E-state index >= 15 is 0 Å². The van der Waals surface area contributed by atoms with Crippen molar-refractivity contribution in [3.8, 4) is 0 Å². The summed E-state index contributed by atoms with van der Waals surface area (Å²) < 4.78 is 0. The third-order valence-electron chi connectivity index (χ3n) is 5.24. The lowest BCUT2D eigenvalue weighted by Crippen LogP contribution is -2.27. The molecule has 1 saturated carbocycles. The fourth-order valence-electron chi connectivity index (χ4n) is 4.19. The first-order chi connectivity index (χ1) is 12.2. The number of hydrogen-bond acceptors (Lipinski definition) is 4. The number of carbonyl (C=O) groups excluding carboxylic acids is 3. The first-order valence-corrected chi connectivity index (χ1v) is 9.35. The molecule has 2 rings (SSSR count). The van der Waals surface area contributed by atoms with Crippen molar-refractivity contribution in [3.63, 3.8) is 0 Å². The van der Waals surface area contributed by atoms with E-state index in [1.165, 1.54) is 0 Å². The lowest BCUT2D eigenvalue weighted by Gasteiger charge is -2.27.